The number of benzene rings is 2. The fourth-order valence-corrected chi connectivity index (χ4v) is 2.79. The van der Waals surface area contributed by atoms with Gasteiger partial charge in [-0.2, -0.15) is 5.10 Å². The van der Waals surface area contributed by atoms with E-state index in [-0.39, 0.29) is 18.2 Å². The Kier molecular flexibility index (Phi) is 5.28. The van der Waals surface area contributed by atoms with Crippen molar-refractivity contribution in [3.63, 3.8) is 0 Å². The van der Waals surface area contributed by atoms with E-state index in [9.17, 15) is 9.59 Å². The van der Waals surface area contributed by atoms with Gasteiger partial charge >= 0.3 is 0 Å². The quantitative estimate of drug-likeness (QED) is 0.839. The number of halogens is 1. The summed E-state index contributed by atoms with van der Waals surface area (Å²) in [6, 6.07) is 15.0. The molecule has 2 amide bonds. The van der Waals surface area contributed by atoms with Gasteiger partial charge in [-0.15, -0.1) is 0 Å². The average molecular weight is 400 g/mol. The lowest BCUT2D eigenvalue weighted by molar-refractivity contribution is -0.118. The highest BCUT2D eigenvalue weighted by atomic mass is 79.9. The van der Waals surface area contributed by atoms with E-state index in [1.165, 1.54) is 10.6 Å². The van der Waals surface area contributed by atoms with E-state index >= 15 is 0 Å². The molecular weight excluding hydrogens is 382 g/mol. The molecule has 6 heteroatoms. The van der Waals surface area contributed by atoms with Crippen molar-refractivity contribution in [1.29, 1.82) is 0 Å². The van der Waals surface area contributed by atoms with Crippen LogP contribution in [-0.2, 0) is 16.0 Å². The van der Waals surface area contributed by atoms with Crippen LogP contribution in [0.25, 0.3) is 0 Å². The molecule has 0 fully saturated rings. The molecule has 3 rings (SSSR count). The molecule has 0 radical (unpaired) electrons. The number of carbonyl (C=O) groups excluding carboxylic acids is 2. The number of hydrogen-bond acceptors (Lipinski definition) is 3. The largest absolute Gasteiger partial charge is 0.321 e. The SMILES string of the molecule is CCc1ccc(NC(=O)C2=NN(c3ccc(Br)cc3)C(=O)CC2)cc1. The Morgan fingerprint density at radius 2 is 1.80 bits per heavy atom. The van der Waals surface area contributed by atoms with E-state index in [0.29, 0.717) is 17.8 Å². The number of nitrogens with zero attached hydrogens (tertiary/aromatic N) is 2. The molecule has 2 aromatic carbocycles. The lowest BCUT2D eigenvalue weighted by Gasteiger charge is -2.23. The van der Waals surface area contributed by atoms with Crippen molar-refractivity contribution in [3.8, 4) is 0 Å². The summed E-state index contributed by atoms with van der Waals surface area (Å²) in [5, 5.41) is 8.41. The minimum Gasteiger partial charge on any atom is -0.321 e. The molecule has 0 bridgehead atoms. The second-order valence-electron chi connectivity index (χ2n) is 5.73. The molecule has 128 valence electrons. The summed E-state index contributed by atoms with van der Waals surface area (Å²) in [5.74, 6) is -0.398. The molecule has 0 spiro atoms. The average Bonchev–Trinajstić information content (AvgIpc) is 2.63. The maximum Gasteiger partial charge on any atom is 0.271 e. The second-order valence-corrected chi connectivity index (χ2v) is 6.65. The number of hydrogen-bond donors (Lipinski definition) is 1. The highest BCUT2D eigenvalue weighted by Crippen LogP contribution is 2.23. The van der Waals surface area contributed by atoms with E-state index in [1.807, 2.05) is 36.4 Å². The van der Waals surface area contributed by atoms with Gasteiger partial charge in [-0.3, -0.25) is 9.59 Å². The van der Waals surface area contributed by atoms with E-state index < -0.39 is 0 Å². The number of aryl methyl sites for hydroxylation is 1. The Morgan fingerprint density at radius 1 is 1.12 bits per heavy atom. The highest BCUT2D eigenvalue weighted by molar-refractivity contribution is 9.10. The van der Waals surface area contributed by atoms with Crippen LogP contribution in [0.4, 0.5) is 11.4 Å². The first-order chi connectivity index (χ1) is 12.1. The van der Waals surface area contributed by atoms with Crippen LogP contribution in [0.3, 0.4) is 0 Å². The standard InChI is InChI=1S/C19H18BrN3O2/c1-2-13-3-7-15(8-4-13)21-19(25)17-11-12-18(24)23(22-17)16-9-5-14(20)6-10-16/h3-10H,2,11-12H2,1H3,(H,21,25). The molecule has 0 saturated heterocycles. The third-order valence-electron chi connectivity index (χ3n) is 3.99. The molecule has 0 unspecified atom stereocenters. The van der Waals surface area contributed by atoms with Gasteiger partial charge in [-0.25, -0.2) is 5.01 Å². The van der Waals surface area contributed by atoms with Gasteiger partial charge in [-0.1, -0.05) is 35.0 Å². The summed E-state index contributed by atoms with van der Waals surface area (Å²) in [4.78, 5) is 24.6. The van der Waals surface area contributed by atoms with Gasteiger partial charge in [0.05, 0.1) is 5.69 Å². The van der Waals surface area contributed by atoms with Crippen LogP contribution in [0, 0.1) is 0 Å². The monoisotopic (exact) mass is 399 g/mol. The van der Waals surface area contributed by atoms with E-state index in [1.54, 1.807) is 12.1 Å². The molecule has 1 aliphatic rings. The van der Waals surface area contributed by atoms with Gasteiger partial charge in [0, 0.05) is 23.0 Å². The van der Waals surface area contributed by atoms with Crippen molar-refractivity contribution in [2.45, 2.75) is 26.2 Å². The molecule has 0 saturated carbocycles. The lowest BCUT2D eigenvalue weighted by Crippen LogP contribution is -2.36. The van der Waals surface area contributed by atoms with Crippen molar-refractivity contribution in [2.24, 2.45) is 5.10 Å². The molecule has 2 aromatic rings. The Hall–Kier alpha value is -2.47. The molecule has 0 atom stereocenters. The third kappa shape index (κ3) is 4.14. The number of anilines is 2. The number of hydrazone groups is 1. The molecule has 1 aliphatic heterocycles. The fraction of sp³-hybridized carbons (Fsp3) is 0.211. The summed E-state index contributed by atoms with van der Waals surface area (Å²) in [5.41, 5.74) is 2.92. The smallest absolute Gasteiger partial charge is 0.271 e. The van der Waals surface area contributed by atoms with Crippen molar-refractivity contribution < 1.29 is 9.59 Å². The predicted octanol–water partition coefficient (Wildman–Crippen LogP) is 4.13. The number of amides is 2. The maximum absolute atomic E-state index is 12.5. The molecular formula is C19H18BrN3O2. The predicted molar refractivity (Wildman–Crippen MR) is 103 cm³/mol. The molecule has 25 heavy (non-hydrogen) atoms. The van der Waals surface area contributed by atoms with Crippen LogP contribution < -0.4 is 10.3 Å². The normalized spacial score (nSPS) is 14.2. The zero-order valence-corrected chi connectivity index (χ0v) is 15.4. The first-order valence-electron chi connectivity index (χ1n) is 8.13. The number of carbonyl (C=O) groups is 2. The Balaban J connectivity index is 1.77. The van der Waals surface area contributed by atoms with Crippen molar-refractivity contribution in [3.05, 3.63) is 58.6 Å². The highest BCUT2D eigenvalue weighted by Gasteiger charge is 2.25. The van der Waals surface area contributed by atoms with Crippen LogP contribution >= 0.6 is 15.9 Å². The third-order valence-corrected chi connectivity index (χ3v) is 4.51. The number of rotatable bonds is 4. The van der Waals surface area contributed by atoms with Crippen LogP contribution in [0.15, 0.2) is 58.1 Å². The van der Waals surface area contributed by atoms with Gasteiger partial charge in [0.15, 0.2) is 0 Å². The van der Waals surface area contributed by atoms with Gasteiger partial charge < -0.3 is 5.32 Å². The first kappa shape index (κ1) is 17.4. The minimum absolute atomic E-state index is 0.119. The van der Waals surface area contributed by atoms with Crippen LogP contribution in [-0.4, -0.2) is 17.5 Å². The van der Waals surface area contributed by atoms with E-state index in [2.05, 4.69) is 33.3 Å². The molecule has 5 nitrogen and oxygen atoms in total. The summed E-state index contributed by atoms with van der Waals surface area (Å²) in [6.07, 6.45) is 1.55. The van der Waals surface area contributed by atoms with Gasteiger partial charge in [0.1, 0.15) is 5.71 Å². The van der Waals surface area contributed by atoms with Crippen LogP contribution in [0.1, 0.15) is 25.3 Å². The van der Waals surface area contributed by atoms with Gasteiger partial charge in [0.25, 0.3) is 5.91 Å². The van der Waals surface area contributed by atoms with E-state index in [0.717, 1.165) is 16.6 Å². The van der Waals surface area contributed by atoms with Gasteiger partial charge in [-0.05, 0) is 48.4 Å². The minimum atomic E-state index is -0.279. The fourth-order valence-electron chi connectivity index (χ4n) is 2.53. The van der Waals surface area contributed by atoms with Crippen molar-refractivity contribution in [2.75, 3.05) is 10.3 Å². The summed E-state index contributed by atoms with van der Waals surface area (Å²) < 4.78 is 0.915. The van der Waals surface area contributed by atoms with E-state index in [4.69, 9.17) is 0 Å². The maximum atomic E-state index is 12.5. The summed E-state index contributed by atoms with van der Waals surface area (Å²) in [6.45, 7) is 2.08. The molecule has 1 heterocycles. The van der Waals surface area contributed by atoms with Crippen molar-refractivity contribution in [1.82, 2.24) is 0 Å². The lowest BCUT2D eigenvalue weighted by atomic mass is 10.1. The van der Waals surface area contributed by atoms with Crippen LogP contribution in [0.5, 0.6) is 0 Å². The zero-order valence-electron chi connectivity index (χ0n) is 13.8. The Bertz CT molecular complexity index is 814. The topological polar surface area (TPSA) is 61.8 Å². The first-order valence-corrected chi connectivity index (χ1v) is 8.92. The Labute approximate surface area is 154 Å². The molecule has 0 aliphatic carbocycles. The van der Waals surface area contributed by atoms with Crippen LogP contribution in [0.2, 0.25) is 0 Å². The second kappa shape index (κ2) is 7.61. The molecule has 1 N–H and O–H groups in total. The van der Waals surface area contributed by atoms with Crippen molar-refractivity contribution >= 4 is 44.8 Å². The Morgan fingerprint density at radius 3 is 2.44 bits per heavy atom. The van der Waals surface area contributed by atoms with Gasteiger partial charge in [0.2, 0.25) is 5.91 Å². The zero-order chi connectivity index (χ0) is 17.8. The number of nitrogens with one attached hydrogen (secondary N) is 1. The summed E-state index contributed by atoms with van der Waals surface area (Å²) >= 11 is 3.36. The molecule has 0 aromatic heterocycles. The summed E-state index contributed by atoms with van der Waals surface area (Å²) in [7, 11) is 0.